The smallest absolute Gasteiger partial charge is 0.242 e. The van der Waals surface area contributed by atoms with Crippen molar-refractivity contribution in [1.82, 2.24) is 19.7 Å². The molecule has 3 aromatic rings. The molecule has 0 radical (unpaired) electrons. The monoisotopic (exact) mass is 303 g/mol. The zero-order valence-electron chi connectivity index (χ0n) is 11.2. The number of aromatic nitrogens is 3. The molecule has 1 aromatic heterocycles. The Labute approximate surface area is 121 Å². The Morgan fingerprint density at radius 2 is 1.95 bits per heavy atom. The fourth-order valence-corrected chi connectivity index (χ4v) is 2.92. The molecule has 0 fully saturated rings. The number of nitrogens with one attached hydrogen (secondary N) is 1. The predicted octanol–water partition coefficient (Wildman–Crippen LogP) is 0.911. The van der Waals surface area contributed by atoms with Gasteiger partial charge in [-0.05, 0) is 37.4 Å². The van der Waals surface area contributed by atoms with Crippen molar-refractivity contribution in [2.24, 2.45) is 0 Å². The molecule has 0 unspecified atom stereocenters. The Kier molecular flexibility index (Phi) is 3.11. The molecule has 7 nitrogen and oxygen atoms in total. The Morgan fingerprint density at radius 3 is 2.67 bits per heavy atom. The number of anilines is 1. The van der Waals surface area contributed by atoms with Gasteiger partial charge in [-0.2, -0.15) is 0 Å². The van der Waals surface area contributed by atoms with Gasteiger partial charge in [0.25, 0.3) is 0 Å². The molecule has 108 valence electrons. The summed E-state index contributed by atoms with van der Waals surface area (Å²) in [4.78, 5) is 0.0400. The first-order chi connectivity index (χ1) is 10.0. The molecule has 0 saturated carbocycles. The van der Waals surface area contributed by atoms with E-state index >= 15 is 0 Å². The second-order valence-corrected chi connectivity index (χ2v) is 6.27. The van der Waals surface area contributed by atoms with E-state index in [1.807, 2.05) is 24.3 Å². The van der Waals surface area contributed by atoms with Crippen LogP contribution < -0.4 is 10.5 Å². The number of hydrogen-bond donors (Lipinski definition) is 2. The van der Waals surface area contributed by atoms with Crippen LogP contribution in [0.4, 0.5) is 5.69 Å². The standard InChI is InChI=1S/C13H13N5O2S/c1-15-21(19,20)13-7-6-9(8-10(13)14)18-12-5-3-2-4-11(12)16-17-18/h2-8,15H,14H2,1H3. The Morgan fingerprint density at radius 1 is 1.19 bits per heavy atom. The van der Waals surface area contributed by atoms with E-state index in [2.05, 4.69) is 15.0 Å². The molecule has 0 aliphatic rings. The molecule has 8 heteroatoms. The van der Waals surface area contributed by atoms with E-state index in [0.29, 0.717) is 5.69 Å². The van der Waals surface area contributed by atoms with Gasteiger partial charge in [0.15, 0.2) is 0 Å². The zero-order valence-corrected chi connectivity index (χ0v) is 12.0. The van der Waals surface area contributed by atoms with Crippen molar-refractivity contribution in [2.45, 2.75) is 4.90 Å². The summed E-state index contributed by atoms with van der Waals surface area (Å²) in [7, 11) is -2.24. The lowest BCUT2D eigenvalue weighted by atomic mass is 10.2. The second kappa shape index (κ2) is 4.83. The minimum absolute atomic E-state index is 0.0400. The Hall–Kier alpha value is -2.45. The molecular formula is C13H13N5O2S. The number of rotatable bonds is 3. The number of nitrogens with zero attached hydrogens (tertiary/aromatic N) is 3. The normalized spacial score (nSPS) is 11.9. The lowest BCUT2D eigenvalue weighted by Crippen LogP contribution is -2.20. The molecule has 0 amide bonds. The van der Waals surface area contributed by atoms with Gasteiger partial charge in [-0.3, -0.25) is 0 Å². The van der Waals surface area contributed by atoms with Crippen molar-refractivity contribution in [3.05, 3.63) is 42.5 Å². The molecule has 0 spiro atoms. The molecule has 3 rings (SSSR count). The fourth-order valence-electron chi connectivity index (χ4n) is 2.08. The van der Waals surface area contributed by atoms with Crippen molar-refractivity contribution in [1.29, 1.82) is 0 Å². The fraction of sp³-hybridized carbons (Fsp3) is 0.0769. The van der Waals surface area contributed by atoms with Gasteiger partial charge >= 0.3 is 0 Å². The first-order valence-corrected chi connectivity index (χ1v) is 7.65. The summed E-state index contributed by atoms with van der Waals surface area (Å²) < 4.78 is 27.5. The van der Waals surface area contributed by atoms with Gasteiger partial charge in [-0.1, -0.05) is 17.3 Å². The highest BCUT2D eigenvalue weighted by molar-refractivity contribution is 7.89. The molecule has 0 bridgehead atoms. The maximum Gasteiger partial charge on any atom is 0.242 e. The molecule has 0 aliphatic heterocycles. The van der Waals surface area contributed by atoms with Crippen LogP contribution >= 0.6 is 0 Å². The van der Waals surface area contributed by atoms with Crippen LogP contribution in [-0.4, -0.2) is 30.5 Å². The van der Waals surface area contributed by atoms with Gasteiger partial charge in [0.05, 0.1) is 16.9 Å². The van der Waals surface area contributed by atoms with Gasteiger partial charge in [0, 0.05) is 0 Å². The van der Waals surface area contributed by atoms with Crippen molar-refractivity contribution in [3.63, 3.8) is 0 Å². The van der Waals surface area contributed by atoms with Crippen LogP contribution in [-0.2, 0) is 10.0 Å². The van der Waals surface area contributed by atoms with Crippen molar-refractivity contribution in [2.75, 3.05) is 12.8 Å². The van der Waals surface area contributed by atoms with E-state index in [1.54, 1.807) is 16.8 Å². The summed E-state index contributed by atoms with van der Waals surface area (Å²) in [5, 5.41) is 8.12. The number of nitrogen functional groups attached to an aromatic ring is 1. The maximum absolute atomic E-state index is 11.8. The van der Waals surface area contributed by atoms with E-state index in [4.69, 9.17) is 5.73 Å². The van der Waals surface area contributed by atoms with Gasteiger partial charge in [0.1, 0.15) is 10.4 Å². The summed E-state index contributed by atoms with van der Waals surface area (Å²) in [5.41, 5.74) is 8.23. The van der Waals surface area contributed by atoms with Crippen LogP contribution in [0.5, 0.6) is 0 Å². The minimum Gasteiger partial charge on any atom is -0.398 e. The molecule has 3 N–H and O–H groups in total. The quantitative estimate of drug-likeness (QED) is 0.700. The first kappa shape index (κ1) is 13.5. The van der Waals surface area contributed by atoms with Crippen LogP contribution in [0, 0.1) is 0 Å². The first-order valence-electron chi connectivity index (χ1n) is 6.17. The molecular weight excluding hydrogens is 290 g/mol. The number of sulfonamides is 1. The molecule has 2 aromatic carbocycles. The number of fused-ring (bicyclic) bond motifs is 1. The average Bonchev–Trinajstić information content (AvgIpc) is 2.90. The van der Waals surface area contributed by atoms with Gasteiger partial charge in [-0.15, -0.1) is 5.10 Å². The largest absolute Gasteiger partial charge is 0.398 e. The molecule has 1 heterocycles. The highest BCUT2D eigenvalue weighted by Gasteiger charge is 2.16. The average molecular weight is 303 g/mol. The third-order valence-corrected chi connectivity index (χ3v) is 4.64. The molecule has 0 aliphatic carbocycles. The Balaban J connectivity index is 2.15. The van der Waals surface area contributed by atoms with Crippen LogP contribution in [0.2, 0.25) is 0 Å². The van der Waals surface area contributed by atoms with Gasteiger partial charge < -0.3 is 5.73 Å². The van der Waals surface area contributed by atoms with E-state index in [-0.39, 0.29) is 10.6 Å². The van der Waals surface area contributed by atoms with Crippen LogP contribution in [0.15, 0.2) is 47.4 Å². The predicted molar refractivity (Wildman–Crippen MR) is 79.5 cm³/mol. The number of benzene rings is 2. The van der Waals surface area contributed by atoms with Crippen molar-refractivity contribution in [3.8, 4) is 5.69 Å². The van der Waals surface area contributed by atoms with E-state index in [9.17, 15) is 8.42 Å². The zero-order chi connectivity index (χ0) is 15.0. The van der Waals surface area contributed by atoms with E-state index in [0.717, 1.165) is 11.0 Å². The van der Waals surface area contributed by atoms with Crippen LogP contribution in [0.1, 0.15) is 0 Å². The summed E-state index contributed by atoms with van der Waals surface area (Å²) in [6.07, 6.45) is 0. The second-order valence-electron chi connectivity index (χ2n) is 4.42. The van der Waals surface area contributed by atoms with E-state index in [1.165, 1.54) is 13.1 Å². The third-order valence-electron chi connectivity index (χ3n) is 3.15. The van der Waals surface area contributed by atoms with Gasteiger partial charge in [-0.25, -0.2) is 17.8 Å². The summed E-state index contributed by atoms with van der Waals surface area (Å²) >= 11 is 0. The Bertz CT molecular complexity index is 917. The molecule has 0 saturated heterocycles. The van der Waals surface area contributed by atoms with Crippen molar-refractivity contribution >= 4 is 26.7 Å². The summed E-state index contributed by atoms with van der Waals surface area (Å²) in [6.45, 7) is 0. The number of nitrogens with two attached hydrogens (primary N) is 1. The highest BCUT2D eigenvalue weighted by Crippen LogP contribution is 2.23. The summed E-state index contributed by atoms with van der Waals surface area (Å²) in [6, 6.07) is 12.1. The topological polar surface area (TPSA) is 103 Å². The number of hydrogen-bond acceptors (Lipinski definition) is 5. The minimum atomic E-state index is -3.58. The lowest BCUT2D eigenvalue weighted by Gasteiger charge is -2.08. The SMILES string of the molecule is CNS(=O)(=O)c1ccc(-n2nnc3ccccc32)cc1N. The molecule has 21 heavy (non-hydrogen) atoms. The third kappa shape index (κ3) is 2.24. The van der Waals surface area contributed by atoms with Crippen molar-refractivity contribution < 1.29 is 8.42 Å². The molecule has 0 atom stereocenters. The van der Waals surface area contributed by atoms with Gasteiger partial charge in [0.2, 0.25) is 10.0 Å². The van der Waals surface area contributed by atoms with Crippen LogP contribution in [0.3, 0.4) is 0 Å². The lowest BCUT2D eigenvalue weighted by molar-refractivity contribution is 0.588. The highest BCUT2D eigenvalue weighted by atomic mass is 32.2. The number of para-hydroxylation sites is 1. The maximum atomic E-state index is 11.8. The van der Waals surface area contributed by atoms with E-state index < -0.39 is 10.0 Å². The summed E-state index contributed by atoms with van der Waals surface area (Å²) in [5.74, 6) is 0. The van der Waals surface area contributed by atoms with Crippen LogP contribution in [0.25, 0.3) is 16.7 Å².